The van der Waals surface area contributed by atoms with Crippen molar-refractivity contribution in [3.63, 3.8) is 0 Å². The molecule has 0 aliphatic carbocycles. The number of fused-ring (bicyclic) bond motifs is 1. The minimum atomic E-state index is -0.446. The van der Waals surface area contributed by atoms with Crippen LogP contribution in [0.25, 0.3) is 0 Å². The van der Waals surface area contributed by atoms with Crippen LogP contribution in [0.5, 0.6) is 0 Å². The zero-order chi connectivity index (χ0) is 11.5. The first kappa shape index (κ1) is 11.4. The van der Waals surface area contributed by atoms with Gasteiger partial charge in [-0.1, -0.05) is 0 Å². The molecule has 0 aromatic heterocycles. The second-order valence-electron chi connectivity index (χ2n) is 4.40. The van der Waals surface area contributed by atoms with Gasteiger partial charge in [0.15, 0.2) is 0 Å². The van der Waals surface area contributed by atoms with Crippen molar-refractivity contribution in [2.45, 2.75) is 37.8 Å². The molecule has 0 aromatic rings. The molecule has 2 rings (SSSR count). The molecule has 0 radical (unpaired) electrons. The fourth-order valence-electron chi connectivity index (χ4n) is 2.68. The van der Waals surface area contributed by atoms with Gasteiger partial charge in [-0.25, -0.2) is 0 Å². The Morgan fingerprint density at radius 1 is 1.44 bits per heavy atom. The molecular formula is C11H18N2O3. The fraction of sp³-hybridized carbons (Fsp3) is 0.818. The molecule has 2 aliphatic rings. The van der Waals surface area contributed by atoms with E-state index in [9.17, 15) is 9.59 Å². The molecule has 1 N–H and O–H groups in total. The first-order valence-corrected chi connectivity index (χ1v) is 5.82. The largest absolute Gasteiger partial charge is 0.469 e. The van der Waals surface area contributed by atoms with E-state index in [1.807, 2.05) is 4.90 Å². The molecule has 0 aromatic carbocycles. The van der Waals surface area contributed by atoms with Crippen LogP contribution in [0, 0.1) is 0 Å². The number of rotatable bonds is 2. The molecular weight excluding hydrogens is 208 g/mol. The highest BCUT2D eigenvalue weighted by atomic mass is 16.5. The van der Waals surface area contributed by atoms with Gasteiger partial charge in [0.25, 0.3) is 0 Å². The van der Waals surface area contributed by atoms with Crippen LogP contribution in [0.3, 0.4) is 0 Å². The SMILES string of the molecule is COC(=O)CC(=O)N1CCCC2NCCC21. The van der Waals surface area contributed by atoms with Crippen LogP contribution < -0.4 is 5.32 Å². The fourth-order valence-corrected chi connectivity index (χ4v) is 2.68. The van der Waals surface area contributed by atoms with E-state index in [1.54, 1.807) is 0 Å². The molecule has 16 heavy (non-hydrogen) atoms. The summed E-state index contributed by atoms with van der Waals surface area (Å²) in [7, 11) is 1.31. The summed E-state index contributed by atoms with van der Waals surface area (Å²) in [4.78, 5) is 24.8. The number of ether oxygens (including phenoxy) is 1. The lowest BCUT2D eigenvalue weighted by atomic mass is 9.97. The van der Waals surface area contributed by atoms with Gasteiger partial charge in [-0.05, 0) is 25.8 Å². The Bertz CT molecular complexity index is 293. The van der Waals surface area contributed by atoms with E-state index in [-0.39, 0.29) is 18.4 Å². The number of methoxy groups -OCH3 is 1. The molecule has 0 spiro atoms. The van der Waals surface area contributed by atoms with E-state index in [0.717, 1.165) is 32.4 Å². The molecule has 2 heterocycles. The zero-order valence-corrected chi connectivity index (χ0v) is 9.57. The van der Waals surface area contributed by atoms with Gasteiger partial charge >= 0.3 is 5.97 Å². The summed E-state index contributed by atoms with van der Waals surface area (Å²) in [6, 6.07) is 0.709. The second-order valence-corrected chi connectivity index (χ2v) is 4.40. The van der Waals surface area contributed by atoms with Gasteiger partial charge in [-0.15, -0.1) is 0 Å². The maximum atomic E-state index is 11.9. The number of piperidine rings is 1. The topological polar surface area (TPSA) is 58.6 Å². The summed E-state index contributed by atoms with van der Waals surface area (Å²) in [5, 5.41) is 3.40. The predicted octanol–water partition coefficient (Wildman–Crippen LogP) is -0.0976. The van der Waals surface area contributed by atoms with E-state index in [4.69, 9.17) is 0 Å². The van der Waals surface area contributed by atoms with Gasteiger partial charge in [0.2, 0.25) is 5.91 Å². The van der Waals surface area contributed by atoms with Gasteiger partial charge in [0.05, 0.1) is 7.11 Å². The Hall–Kier alpha value is -1.10. The summed E-state index contributed by atoms with van der Waals surface area (Å²) in [6.45, 7) is 1.75. The number of carbonyl (C=O) groups is 2. The van der Waals surface area contributed by atoms with Crippen molar-refractivity contribution in [2.75, 3.05) is 20.2 Å². The van der Waals surface area contributed by atoms with Crippen LogP contribution in [-0.2, 0) is 14.3 Å². The van der Waals surface area contributed by atoms with E-state index in [1.165, 1.54) is 7.11 Å². The average Bonchev–Trinajstić information content (AvgIpc) is 2.76. The molecule has 0 saturated carbocycles. The number of likely N-dealkylation sites (tertiary alicyclic amines) is 1. The van der Waals surface area contributed by atoms with Gasteiger partial charge < -0.3 is 15.0 Å². The third kappa shape index (κ3) is 2.19. The number of hydrogen-bond acceptors (Lipinski definition) is 4. The summed E-state index contributed by atoms with van der Waals surface area (Å²) in [5.41, 5.74) is 0. The van der Waals surface area contributed by atoms with Gasteiger partial charge in [0.1, 0.15) is 6.42 Å². The molecule has 2 saturated heterocycles. The first-order chi connectivity index (χ1) is 7.72. The highest BCUT2D eigenvalue weighted by molar-refractivity contribution is 5.94. The van der Waals surface area contributed by atoms with Crippen LogP contribution in [-0.4, -0.2) is 49.1 Å². The average molecular weight is 226 g/mol. The number of carbonyl (C=O) groups excluding carboxylic acids is 2. The molecule has 2 unspecified atom stereocenters. The lowest BCUT2D eigenvalue weighted by molar-refractivity contribution is -0.148. The van der Waals surface area contributed by atoms with Crippen molar-refractivity contribution in [1.82, 2.24) is 10.2 Å². The number of nitrogens with one attached hydrogen (secondary N) is 1. The number of esters is 1. The molecule has 2 fully saturated rings. The molecule has 90 valence electrons. The number of nitrogens with zero attached hydrogens (tertiary/aromatic N) is 1. The lowest BCUT2D eigenvalue weighted by Gasteiger charge is -2.37. The molecule has 5 nitrogen and oxygen atoms in total. The molecule has 1 amide bonds. The maximum Gasteiger partial charge on any atom is 0.315 e. The van der Waals surface area contributed by atoms with E-state index >= 15 is 0 Å². The van der Waals surface area contributed by atoms with Crippen molar-refractivity contribution >= 4 is 11.9 Å². The zero-order valence-electron chi connectivity index (χ0n) is 9.57. The summed E-state index contributed by atoms with van der Waals surface area (Å²) in [6.07, 6.45) is 3.02. The number of amides is 1. The Morgan fingerprint density at radius 3 is 3.00 bits per heavy atom. The van der Waals surface area contributed by atoms with Crippen LogP contribution >= 0.6 is 0 Å². The van der Waals surface area contributed by atoms with Crippen molar-refractivity contribution in [3.05, 3.63) is 0 Å². The van der Waals surface area contributed by atoms with Gasteiger partial charge in [0, 0.05) is 18.6 Å². The van der Waals surface area contributed by atoms with E-state index in [0.29, 0.717) is 6.04 Å². The van der Waals surface area contributed by atoms with E-state index < -0.39 is 5.97 Å². The Morgan fingerprint density at radius 2 is 2.25 bits per heavy atom. The van der Waals surface area contributed by atoms with Crippen LogP contribution in [0.1, 0.15) is 25.7 Å². The standard InChI is InChI=1S/C11H18N2O3/c1-16-11(15)7-10(14)13-6-2-3-8-9(13)4-5-12-8/h8-9,12H,2-7H2,1H3. The highest BCUT2D eigenvalue weighted by Gasteiger charge is 2.37. The third-order valence-electron chi connectivity index (χ3n) is 3.47. The minimum absolute atomic E-state index is 0.0924. The molecule has 5 heteroatoms. The Labute approximate surface area is 95.1 Å². The summed E-state index contributed by atoms with van der Waals surface area (Å²) in [5.74, 6) is -0.539. The summed E-state index contributed by atoms with van der Waals surface area (Å²) >= 11 is 0. The Kier molecular flexibility index (Phi) is 3.43. The van der Waals surface area contributed by atoms with Crippen molar-refractivity contribution in [2.24, 2.45) is 0 Å². The first-order valence-electron chi connectivity index (χ1n) is 5.82. The Balaban J connectivity index is 1.96. The smallest absolute Gasteiger partial charge is 0.315 e. The molecule has 2 atom stereocenters. The maximum absolute atomic E-state index is 11.9. The quantitative estimate of drug-likeness (QED) is 0.528. The van der Waals surface area contributed by atoms with Crippen molar-refractivity contribution in [1.29, 1.82) is 0 Å². The van der Waals surface area contributed by atoms with Crippen LogP contribution in [0.2, 0.25) is 0 Å². The van der Waals surface area contributed by atoms with Crippen LogP contribution in [0.15, 0.2) is 0 Å². The van der Waals surface area contributed by atoms with Crippen molar-refractivity contribution < 1.29 is 14.3 Å². The molecule has 2 aliphatic heterocycles. The third-order valence-corrected chi connectivity index (χ3v) is 3.47. The molecule has 0 bridgehead atoms. The van der Waals surface area contributed by atoms with Gasteiger partial charge in [-0.2, -0.15) is 0 Å². The lowest BCUT2D eigenvalue weighted by Crippen LogP contribution is -2.51. The second kappa shape index (κ2) is 4.82. The normalized spacial score (nSPS) is 28.7. The van der Waals surface area contributed by atoms with Gasteiger partial charge in [-0.3, -0.25) is 9.59 Å². The monoisotopic (exact) mass is 226 g/mol. The minimum Gasteiger partial charge on any atom is -0.469 e. The van der Waals surface area contributed by atoms with Crippen LogP contribution in [0.4, 0.5) is 0 Å². The highest BCUT2D eigenvalue weighted by Crippen LogP contribution is 2.24. The predicted molar refractivity (Wildman–Crippen MR) is 57.8 cm³/mol. The van der Waals surface area contributed by atoms with E-state index in [2.05, 4.69) is 10.1 Å². The number of hydrogen-bond donors (Lipinski definition) is 1. The van der Waals surface area contributed by atoms with Crippen molar-refractivity contribution in [3.8, 4) is 0 Å². The summed E-state index contributed by atoms with van der Waals surface area (Å²) < 4.78 is 4.52.